The van der Waals surface area contributed by atoms with E-state index in [1.807, 2.05) is 0 Å². The number of likely N-dealkylation sites (tertiary alicyclic amines) is 1. The minimum absolute atomic E-state index is 0.101. The Balaban J connectivity index is 1.85. The van der Waals surface area contributed by atoms with E-state index in [2.05, 4.69) is 16.3 Å². The first-order valence-corrected chi connectivity index (χ1v) is 6.88. The number of carbonyl (C=O) groups excluding carboxylic acids is 1. The number of aliphatic hydroxyl groups excluding tert-OH is 1. The Morgan fingerprint density at radius 2 is 2.30 bits per heavy atom. The van der Waals surface area contributed by atoms with Gasteiger partial charge in [-0.2, -0.15) is 5.26 Å². The number of amides is 1. The van der Waals surface area contributed by atoms with Crippen molar-refractivity contribution in [1.29, 1.82) is 5.26 Å². The standard InChI is InChI=1S/C15H19N3O2/c16-10-12-4-1-2-6-14(12)17-15(20)7-9-18-8-3-5-13(18)11-19/h1-2,4,6,13,19H,3,5,7-9,11H2,(H,17,20). The van der Waals surface area contributed by atoms with Crippen LogP contribution in [0.25, 0.3) is 0 Å². The summed E-state index contributed by atoms with van der Waals surface area (Å²) in [7, 11) is 0. The monoisotopic (exact) mass is 273 g/mol. The van der Waals surface area contributed by atoms with E-state index in [1.54, 1.807) is 24.3 Å². The van der Waals surface area contributed by atoms with Crippen LogP contribution in [0.2, 0.25) is 0 Å². The molecular weight excluding hydrogens is 254 g/mol. The van der Waals surface area contributed by atoms with Crippen LogP contribution in [-0.4, -0.2) is 41.7 Å². The molecule has 1 fully saturated rings. The van der Waals surface area contributed by atoms with Gasteiger partial charge in [-0.15, -0.1) is 0 Å². The molecule has 5 heteroatoms. The van der Waals surface area contributed by atoms with Gasteiger partial charge >= 0.3 is 0 Å². The van der Waals surface area contributed by atoms with Crippen molar-refractivity contribution < 1.29 is 9.90 Å². The van der Waals surface area contributed by atoms with Gasteiger partial charge in [0.25, 0.3) is 0 Å². The third-order valence-corrected chi connectivity index (χ3v) is 3.66. The molecule has 0 spiro atoms. The number of hydrogen-bond acceptors (Lipinski definition) is 4. The van der Waals surface area contributed by atoms with Crippen molar-refractivity contribution in [3.05, 3.63) is 29.8 Å². The third-order valence-electron chi connectivity index (χ3n) is 3.66. The smallest absolute Gasteiger partial charge is 0.225 e. The number of aliphatic hydroxyl groups is 1. The summed E-state index contributed by atoms with van der Waals surface area (Å²) in [5.74, 6) is -0.101. The molecule has 1 saturated heterocycles. The molecule has 1 heterocycles. The number of rotatable bonds is 5. The zero-order valence-electron chi connectivity index (χ0n) is 11.4. The summed E-state index contributed by atoms with van der Waals surface area (Å²) < 4.78 is 0. The number of para-hydroxylation sites is 1. The number of nitrogens with zero attached hydrogens (tertiary/aromatic N) is 2. The highest BCUT2D eigenvalue weighted by Crippen LogP contribution is 2.17. The lowest BCUT2D eigenvalue weighted by atomic mass is 10.2. The van der Waals surface area contributed by atoms with Crippen LogP contribution in [0.5, 0.6) is 0 Å². The van der Waals surface area contributed by atoms with E-state index in [0.717, 1.165) is 19.4 Å². The number of anilines is 1. The Kier molecular flexibility index (Phi) is 5.10. The minimum Gasteiger partial charge on any atom is -0.395 e. The van der Waals surface area contributed by atoms with E-state index < -0.39 is 0 Å². The van der Waals surface area contributed by atoms with E-state index in [1.165, 1.54) is 0 Å². The van der Waals surface area contributed by atoms with E-state index in [0.29, 0.717) is 24.2 Å². The van der Waals surface area contributed by atoms with Gasteiger partial charge in [0.1, 0.15) is 6.07 Å². The Hall–Kier alpha value is -1.90. The number of carbonyl (C=O) groups is 1. The second kappa shape index (κ2) is 7.04. The van der Waals surface area contributed by atoms with Crippen molar-refractivity contribution in [3.63, 3.8) is 0 Å². The molecule has 2 rings (SSSR count). The highest BCUT2D eigenvalue weighted by molar-refractivity contribution is 5.92. The van der Waals surface area contributed by atoms with Crippen LogP contribution in [0, 0.1) is 11.3 Å². The average Bonchev–Trinajstić information content (AvgIpc) is 2.93. The van der Waals surface area contributed by atoms with Crippen LogP contribution in [0.15, 0.2) is 24.3 Å². The van der Waals surface area contributed by atoms with Gasteiger partial charge in [0.15, 0.2) is 0 Å². The molecule has 20 heavy (non-hydrogen) atoms. The predicted molar refractivity (Wildman–Crippen MR) is 76.1 cm³/mol. The molecule has 106 valence electrons. The van der Waals surface area contributed by atoms with Crippen LogP contribution in [-0.2, 0) is 4.79 Å². The molecule has 0 aliphatic carbocycles. The number of nitrogens with one attached hydrogen (secondary N) is 1. The van der Waals surface area contributed by atoms with Crippen LogP contribution in [0.3, 0.4) is 0 Å². The Bertz CT molecular complexity index is 510. The highest BCUT2D eigenvalue weighted by Gasteiger charge is 2.23. The van der Waals surface area contributed by atoms with Crippen LogP contribution >= 0.6 is 0 Å². The summed E-state index contributed by atoms with van der Waals surface area (Å²) in [5.41, 5.74) is 1.02. The first-order chi connectivity index (χ1) is 9.74. The lowest BCUT2D eigenvalue weighted by molar-refractivity contribution is -0.116. The lowest BCUT2D eigenvalue weighted by Crippen LogP contribution is -2.34. The minimum atomic E-state index is -0.101. The van der Waals surface area contributed by atoms with Crippen molar-refractivity contribution in [1.82, 2.24) is 4.90 Å². The lowest BCUT2D eigenvalue weighted by Gasteiger charge is -2.22. The van der Waals surface area contributed by atoms with Gasteiger partial charge in [0.05, 0.1) is 17.9 Å². The Morgan fingerprint density at radius 3 is 3.05 bits per heavy atom. The zero-order valence-corrected chi connectivity index (χ0v) is 11.4. The fourth-order valence-electron chi connectivity index (χ4n) is 2.54. The fourth-order valence-corrected chi connectivity index (χ4v) is 2.54. The quantitative estimate of drug-likeness (QED) is 0.849. The molecule has 0 saturated carbocycles. The topological polar surface area (TPSA) is 76.4 Å². The molecule has 1 unspecified atom stereocenters. The zero-order chi connectivity index (χ0) is 14.4. The SMILES string of the molecule is N#Cc1ccccc1NC(=O)CCN1CCCC1CO. The van der Waals surface area contributed by atoms with Gasteiger partial charge < -0.3 is 10.4 Å². The molecule has 1 aliphatic rings. The van der Waals surface area contributed by atoms with Gasteiger partial charge in [-0.05, 0) is 31.5 Å². The molecule has 1 aromatic carbocycles. The summed E-state index contributed by atoms with van der Waals surface area (Å²) in [6.45, 7) is 1.73. The second-order valence-electron chi connectivity index (χ2n) is 4.97. The molecule has 1 amide bonds. The van der Waals surface area contributed by atoms with E-state index >= 15 is 0 Å². The fraction of sp³-hybridized carbons (Fsp3) is 0.467. The maximum atomic E-state index is 11.9. The maximum Gasteiger partial charge on any atom is 0.225 e. The number of benzene rings is 1. The molecule has 1 atom stereocenters. The summed E-state index contributed by atoms with van der Waals surface area (Å²) in [6.07, 6.45) is 2.44. The normalized spacial score (nSPS) is 18.7. The summed E-state index contributed by atoms with van der Waals surface area (Å²) in [5, 5.41) is 21.0. The Morgan fingerprint density at radius 1 is 1.50 bits per heavy atom. The second-order valence-corrected chi connectivity index (χ2v) is 4.97. The molecule has 0 aromatic heterocycles. The van der Waals surface area contributed by atoms with Gasteiger partial charge in [-0.3, -0.25) is 9.69 Å². The first-order valence-electron chi connectivity index (χ1n) is 6.88. The predicted octanol–water partition coefficient (Wildman–Crippen LogP) is 1.34. The van der Waals surface area contributed by atoms with Gasteiger partial charge in [0, 0.05) is 19.0 Å². The summed E-state index contributed by atoms with van der Waals surface area (Å²) in [6, 6.07) is 9.21. The third kappa shape index (κ3) is 3.56. The maximum absolute atomic E-state index is 11.9. The van der Waals surface area contributed by atoms with Crippen LogP contribution in [0.1, 0.15) is 24.8 Å². The van der Waals surface area contributed by atoms with E-state index in [-0.39, 0.29) is 18.6 Å². The van der Waals surface area contributed by atoms with Gasteiger partial charge in [-0.1, -0.05) is 12.1 Å². The molecular formula is C15H19N3O2. The van der Waals surface area contributed by atoms with Crippen molar-refractivity contribution in [3.8, 4) is 6.07 Å². The van der Waals surface area contributed by atoms with Crippen LogP contribution in [0.4, 0.5) is 5.69 Å². The summed E-state index contributed by atoms with van der Waals surface area (Å²) >= 11 is 0. The number of nitriles is 1. The highest BCUT2D eigenvalue weighted by atomic mass is 16.3. The van der Waals surface area contributed by atoms with Crippen LogP contribution < -0.4 is 5.32 Å². The Labute approximate surface area is 118 Å². The van der Waals surface area contributed by atoms with Crippen molar-refractivity contribution in [2.75, 3.05) is 25.0 Å². The largest absolute Gasteiger partial charge is 0.395 e. The van der Waals surface area contributed by atoms with E-state index in [4.69, 9.17) is 5.26 Å². The molecule has 2 N–H and O–H groups in total. The molecule has 1 aliphatic heterocycles. The van der Waals surface area contributed by atoms with Crippen molar-refractivity contribution in [2.24, 2.45) is 0 Å². The molecule has 5 nitrogen and oxygen atoms in total. The first kappa shape index (κ1) is 14.5. The van der Waals surface area contributed by atoms with Gasteiger partial charge in [-0.25, -0.2) is 0 Å². The van der Waals surface area contributed by atoms with Crippen molar-refractivity contribution in [2.45, 2.75) is 25.3 Å². The molecule has 0 radical (unpaired) electrons. The summed E-state index contributed by atoms with van der Waals surface area (Å²) in [4.78, 5) is 14.1. The average molecular weight is 273 g/mol. The van der Waals surface area contributed by atoms with E-state index in [9.17, 15) is 9.90 Å². The van der Waals surface area contributed by atoms with Crippen molar-refractivity contribution >= 4 is 11.6 Å². The molecule has 1 aromatic rings. The number of hydrogen-bond donors (Lipinski definition) is 2. The van der Waals surface area contributed by atoms with Gasteiger partial charge in [0.2, 0.25) is 5.91 Å². The molecule has 0 bridgehead atoms.